The second-order valence-corrected chi connectivity index (χ2v) is 1.60. The number of hydrogen-bond acceptors (Lipinski definition) is 0. The van der Waals surface area contributed by atoms with Crippen LogP contribution in [0.5, 0.6) is 0 Å². The second kappa shape index (κ2) is 237. The fourth-order valence-electron chi connectivity index (χ4n) is 0. The topological polar surface area (TPSA) is 252 Å². The monoisotopic (exact) mass is 435 g/mol. The van der Waals surface area contributed by atoms with Crippen molar-refractivity contribution in [3.8, 4) is 0 Å². The summed E-state index contributed by atoms with van der Waals surface area (Å²) in [6, 6.07) is 0. The summed E-state index contributed by atoms with van der Waals surface area (Å²) in [5.41, 5.74) is 0. The van der Waals surface area contributed by atoms with Gasteiger partial charge in [0.1, 0.15) is 0 Å². The van der Waals surface area contributed by atoms with Gasteiger partial charge in [-0.25, -0.2) is 0 Å². The van der Waals surface area contributed by atoms with Crippen LogP contribution in [0, 0.1) is 0 Å². The predicted octanol–water partition coefficient (Wildman–Crippen LogP) is -11.6. The average molecular weight is 437 g/mol. The van der Waals surface area contributed by atoms with E-state index in [-0.39, 0.29) is 114 Å². The molecule has 14 heteroatoms. The van der Waals surface area contributed by atoms with Crippen molar-refractivity contribution in [2.45, 2.75) is 0 Å². The summed E-state index contributed by atoms with van der Waals surface area (Å²) >= 11 is 0.757. The van der Waals surface area contributed by atoms with E-state index in [2.05, 4.69) is 20.2 Å². The van der Waals surface area contributed by atoms with Gasteiger partial charge >= 0.3 is 78.8 Å². The Morgan fingerprint density at radius 2 is 0.500 bits per heavy atom. The van der Waals surface area contributed by atoms with Crippen LogP contribution in [0.2, 0.25) is 0 Å². The van der Waals surface area contributed by atoms with Gasteiger partial charge in [-0.15, -0.1) is 0 Å². The smallest absolute Gasteiger partial charge is 2.00 e. The van der Waals surface area contributed by atoms with Crippen LogP contribution >= 0.6 is 20.2 Å². The van der Waals surface area contributed by atoms with E-state index in [9.17, 15) is 0 Å². The maximum Gasteiger partial charge on any atom is 2.00 e. The van der Waals surface area contributed by atoms with E-state index < -0.39 is 0 Å². The van der Waals surface area contributed by atoms with E-state index >= 15 is 0 Å². The SMILES string of the molecule is O.O.O.O.O.O.O.O.[Cl-].[Cl-].[Cl][Cu][Cl].[Sr+2]. The van der Waals surface area contributed by atoms with Gasteiger partial charge in [0.2, 0.25) is 0 Å². The minimum Gasteiger partial charge on any atom is 2.00 e. The van der Waals surface area contributed by atoms with Crippen molar-refractivity contribution < 1.29 is 81.8 Å². The average Bonchev–Trinajstić information content (AvgIpc) is 0.918. The Kier molecular flexibility index (Phi) is 3050. The van der Waals surface area contributed by atoms with E-state index in [1.165, 1.54) is 0 Å². The Labute approximate surface area is 145 Å². The largest absolute Gasteiger partial charge is 2.00 e. The Bertz CT molecular complexity index is 21.3. The number of rotatable bonds is 0. The first-order valence-electron chi connectivity index (χ1n) is 0.228. The molecule has 0 aliphatic rings. The minimum absolute atomic E-state index is 0. The normalized spacial score (nSPS) is 1.57. The fraction of sp³-hybridized carbons (Fsp3) is 0. The van der Waals surface area contributed by atoms with Gasteiger partial charge in [0, 0.05) is 0 Å². The molecule has 0 spiro atoms. The third-order valence-corrected chi connectivity index (χ3v) is 0. The van der Waals surface area contributed by atoms with Crippen LogP contribution in [0.3, 0.4) is 0 Å². The van der Waals surface area contributed by atoms with Crippen molar-refractivity contribution in [1.29, 1.82) is 0 Å². The molecule has 0 unspecified atom stereocenters. The maximum atomic E-state index is 4.67. The zero-order chi connectivity index (χ0) is 2.71. The molecule has 0 aliphatic heterocycles. The van der Waals surface area contributed by atoms with Gasteiger partial charge in [0.25, 0.3) is 0 Å². The van der Waals surface area contributed by atoms with Crippen molar-refractivity contribution in [3.63, 3.8) is 0 Å². The molecule has 105 valence electrons. The van der Waals surface area contributed by atoms with Crippen LogP contribution in [0.1, 0.15) is 0 Å². The predicted molar refractivity (Wildman–Crippen MR) is 46.4 cm³/mol. The molecule has 0 rings (SSSR count). The van der Waals surface area contributed by atoms with Gasteiger partial charge in [0.15, 0.2) is 0 Å². The summed E-state index contributed by atoms with van der Waals surface area (Å²) in [6.45, 7) is 0. The molecular formula is H16Cl4CuO8Sr. The molecule has 0 bridgehead atoms. The molecule has 14 heavy (non-hydrogen) atoms. The van der Waals surface area contributed by atoms with Gasteiger partial charge in [-0.2, -0.15) is 0 Å². The molecule has 0 aliphatic carbocycles. The van der Waals surface area contributed by atoms with Crippen LogP contribution in [0.4, 0.5) is 0 Å². The van der Waals surface area contributed by atoms with Crippen LogP contribution in [-0.4, -0.2) is 89.3 Å². The molecule has 0 saturated carbocycles. The van der Waals surface area contributed by atoms with Gasteiger partial charge in [-0.1, -0.05) is 0 Å². The van der Waals surface area contributed by atoms with E-state index in [0.29, 0.717) is 0 Å². The molecule has 0 fully saturated rings. The Hall–Kier alpha value is 2.84. The van der Waals surface area contributed by atoms with Gasteiger partial charge in [-0.3, -0.25) is 0 Å². The van der Waals surface area contributed by atoms with Gasteiger partial charge in [-0.05, 0) is 0 Å². The van der Waals surface area contributed by atoms with E-state index in [4.69, 9.17) is 0 Å². The Balaban J connectivity index is -0.000000000364. The van der Waals surface area contributed by atoms with Gasteiger partial charge in [0.05, 0.1) is 0 Å². The summed E-state index contributed by atoms with van der Waals surface area (Å²) in [4.78, 5) is 0. The number of halogens is 4. The molecule has 0 amide bonds. The van der Waals surface area contributed by atoms with E-state index in [1.807, 2.05) is 0 Å². The summed E-state index contributed by atoms with van der Waals surface area (Å²) in [5.74, 6) is 0. The van der Waals surface area contributed by atoms with Crippen LogP contribution in [-0.2, 0) is 13.1 Å². The van der Waals surface area contributed by atoms with Crippen molar-refractivity contribution in [1.82, 2.24) is 0 Å². The standard InChI is InChI=1S/4ClH.Cu.8H2O.Sr/h4*1H;;8*1H2;/q;;;;+2;;;;;;;;;+2/p-4. The first-order chi connectivity index (χ1) is 1.41. The second-order valence-electron chi connectivity index (χ2n) is 0.0431. The van der Waals surface area contributed by atoms with E-state index in [0.717, 1.165) is 13.1 Å². The molecule has 0 radical (unpaired) electrons. The first kappa shape index (κ1) is 180. The van der Waals surface area contributed by atoms with Crippen molar-refractivity contribution in [2.75, 3.05) is 0 Å². The van der Waals surface area contributed by atoms with Crippen molar-refractivity contribution >= 4 is 65.7 Å². The summed E-state index contributed by atoms with van der Waals surface area (Å²) in [7, 11) is 9.34. The zero-order valence-electron chi connectivity index (χ0n) is 6.52. The van der Waals surface area contributed by atoms with Crippen LogP contribution in [0.15, 0.2) is 0 Å². The maximum absolute atomic E-state index is 4.67. The molecule has 16 N–H and O–H groups in total. The first-order valence-corrected chi connectivity index (χ1v) is 2.82. The zero-order valence-corrected chi connectivity index (χ0v) is 14.0. The summed E-state index contributed by atoms with van der Waals surface area (Å²) < 4.78 is 0. The molecule has 8 nitrogen and oxygen atoms in total. The molecule has 0 atom stereocenters. The van der Waals surface area contributed by atoms with Crippen molar-refractivity contribution in [3.05, 3.63) is 0 Å². The Morgan fingerprint density at radius 3 is 0.500 bits per heavy atom. The number of hydrogen-bond donors (Lipinski definition) is 0. The third-order valence-electron chi connectivity index (χ3n) is 0. The molecular weight excluding hydrogens is 421 g/mol. The Morgan fingerprint density at radius 1 is 0.500 bits per heavy atom. The molecule has 0 heterocycles. The molecule has 0 aromatic carbocycles. The van der Waals surface area contributed by atoms with E-state index in [1.54, 1.807) is 0 Å². The third kappa shape index (κ3) is 352. The summed E-state index contributed by atoms with van der Waals surface area (Å²) in [6.07, 6.45) is 0. The van der Waals surface area contributed by atoms with Crippen LogP contribution < -0.4 is 24.8 Å². The fourth-order valence-corrected chi connectivity index (χ4v) is 0. The molecule has 0 aromatic heterocycles. The molecule has 0 aromatic rings. The minimum atomic E-state index is 0. The van der Waals surface area contributed by atoms with Crippen LogP contribution in [0.25, 0.3) is 0 Å². The van der Waals surface area contributed by atoms with Crippen molar-refractivity contribution in [2.24, 2.45) is 0 Å². The summed E-state index contributed by atoms with van der Waals surface area (Å²) in [5, 5.41) is 0. The van der Waals surface area contributed by atoms with Gasteiger partial charge < -0.3 is 68.6 Å². The molecule has 0 saturated heterocycles. The quantitative estimate of drug-likeness (QED) is 0.320.